The zero-order valence-electron chi connectivity index (χ0n) is 22.7. The van der Waals surface area contributed by atoms with Crippen molar-refractivity contribution in [2.75, 3.05) is 32.8 Å². The Morgan fingerprint density at radius 3 is 2.44 bits per heavy atom. The third-order valence-electron chi connectivity index (χ3n) is 6.64. The molecule has 2 aliphatic rings. The number of ketones is 1. The average Bonchev–Trinajstić information content (AvgIpc) is 2.94. The predicted molar refractivity (Wildman–Crippen MR) is 150 cm³/mol. The zero-order chi connectivity index (χ0) is 28.6. The summed E-state index contributed by atoms with van der Waals surface area (Å²) in [5.41, 5.74) is 3.36. The predicted octanol–water partition coefficient (Wildman–Crippen LogP) is 5.60. The number of rotatable bonds is 9. The molecule has 1 N–H and O–H groups in total. The highest BCUT2D eigenvalue weighted by atomic mass is 79.9. The van der Waals surface area contributed by atoms with Crippen LogP contribution in [0.1, 0.15) is 67.4 Å². The first-order valence-corrected chi connectivity index (χ1v) is 14.2. The van der Waals surface area contributed by atoms with Gasteiger partial charge in [-0.25, -0.2) is 0 Å². The Bertz CT molecular complexity index is 1110. The van der Waals surface area contributed by atoms with E-state index in [0.717, 1.165) is 73.0 Å². The summed E-state index contributed by atoms with van der Waals surface area (Å²) in [6.45, 7) is 8.33. The van der Waals surface area contributed by atoms with Gasteiger partial charge in [0.15, 0.2) is 5.78 Å². The van der Waals surface area contributed by atoms with Crippen molar-refractivity contribution in [1.82, 2.24) is 4.90 Å². The van der Waals surface area contributed by atoms with Crippen LogP contribution in [0.2, 0.25) is 0 Å². The summed E-state index contributed by atoms with van der Waals surface area (Å²) < 4.78 is 12.5. The lowest BCUT2D eigenvalue weighted by molar-refractivity contribution is -0.191. The fourth-order valence-corrected chi connectivity index (χ4v) is 4.86. The minimum absolute atomic E-state index is 0.208. The number of likely N-dealkylation sites (tertiary alicyclic amines) is 1. The number of benzene rings is 2. The molecule has 0 spiro atoms. The number of fused-ring (bicyclic) bond motifs is 1. The molecule has 39 heavy (non-hydrogen) atoms. The lowest BCUT2D eigenvalue weighted by Gasteiger charge is -2.32. The number of piperidine rings is 1. The molecule has 2 aliphatic heterocycles. The van der Waals surface area contributed by atoms with E-state index in [1.807, 2.05) is 12.1 Å². The van der Waals surface area contributed by atoms with Gasteiger partial charge in [0, 0.05) is 19.4 Å². The molecule has 0 amide bonds. The van der Waals surface area contributed by atoms with Gasteiger partial charge in [-0.3, -0.25) is 9.59 Å². The van der Waals surface area contributed by atoms with E-state index in [0.29, 0.717) is 13.0 Å². The molecule has 0 unspecified atom stereocenters. The van der Waals surface area contributed by atoms with Crippen molar-refractivity contribution in [2.24, 2.45) is 5.92 Å². The van der Waals surface area contributed by atoms with Gasteiger partial charge in [-0.1, -0.05) is 26.0 Å². The van der Waals surface area contributed by atoms with E-state index in [2.05, 4.69) is 52.0 Å². The average molecular weight is 605 g/mol. The minimum atomic E-state index is -0.745. The second-order valence-corrected chi connectivity index (χ2v) is 10.4. The van der Waals surface area contributed by atoms with Gasteiger partial charge in [0.1, 0.15) is 11.5 Å². The quantitative estimate of drug-likeness (QED) is 0.394. The first-order valence-electron chi connectivity index (χ1n) is 13.4. The van der Waals surface area contributed by atoms with Gasteiger partial charge in [0.25, 0.3) is 0 Å². The molecule has 0 saturated carbocycles. The molecule has 0 bridgehead atoms. The van der Waals surface area contributed by atoms with Crippen LogP contribution in [-0.4, -0.2) is 60.8 Å². The highest BCUT2D eigenvalue weighted by molar-refractivity contribution is 9.10. The van der Waals surface area contributed by atoms with Crippen LogP contribution in [0.5, 0.6) is 11.5 Å². The molecule has 0 radical (unpaired) electrons. The first kappa shape index (κ1) is 32.2. The summed E-state index contributed by atoms with van der Waals surface area (Å²) in [5.74, 6) is 1.91. The standard InChI is InChI=1S/C26H32BrNO3.C3H6O2.CO2/c1-2-14-30-26-18-21(3-5-23(26)27)16-20-8-12-28(13-9-20)11-7-19-4-6-25-22(17-19)24(29)10-15-31-25;1-2-3(4)5;2-1-3/h3-6,17-18,20H,2,7-16H2,1H3;2H2,1H3,(H,4,5);. The number of hydrogen-bond donors (Lipinski definition) is 1. The number of carbonyl (C=O) groups excluding carboxylic acids is 3. The van der Waals surface area contributed by atoms with E-state index < -0.39 is 5.97 Å². The number of carbonyl (C=O) groups is 2. The summed E-state index contributed by atoms with van der Waals surface area (Å²) >= 11 is 3.60. The molecule has 9 heteroatoms. The Morgan fingerprint density at radius 1 is 1.13 bits per heavy atom. The van der Waals surface area contributed by atoms with Crippen LogP contribution in [-0.2, 0) is 27.2 Å². The molecular formula is C30H38BrNO7. The number of halogens is 1. The van der Waals surface area contributed by atoms with Gasteiger partial charge in [-0.05, 0) is 102 Å². The van der Waals surface area contributed by atoms with Crippen LogP contribution >= 0.6 is 15.9 Å². The monoisotopic (exact) mass is 603 g/mol. The molecule has 2 aromatic rings. The van der Waals surface area contributed by atoms with Crippen molar-refractivity contribution >= 4 is 33.8 Å². The van der Waals surface area contributed by atoms with E-state index in [4.69, 9.17) is 24.2 Å². The van der Waals surface area contributed by atoms with Crippen molar-refractivity contribution in [3.8, 4) is 11.5 Å². The van der Waals surface area contributed by atoms with E-state index in [-0.39, 0.29) is 18.4 Å². The van der Waals surface area contributed by atoms with E-state index in [1.165, 1.54) is 24.0 Å². The largest absolute Gasteiger partial charge is 0.492 e. The highest BCUT2D eigenvalue weighted by Crippen LogP contribution is 2.30. The van der Waals surface area contributed by atoms with Gasteiger partial charge >= 0.3 is 12.1 Å². The normalized spacial score (nSPS) is 14.9. The number of ether oxygens (including phenoxy) is 2. The first-order chi connectivity index (χ1) is 18.8. The lowest BCUT2D eigenvalue weighted by atomic mass is 9.90. The molecule has 8 nitrogen and oxygen atoms in total. The van der Waals surface area contributed by atoms with E-state index >= 15 is 0 Å². The van der Waals surface area contributed by atoms with Crippen molar-refractivity contribution in [3.63, 3.8) is 0 Å². The Kier molecular flexibility index (Phi) is 14.5. The summed E-state index contributed by atoms with van der Waals surface area (Å²) in [4.78, 5) is 40.3. The third-order valence-corrected chi connectivity index (χ3v) is 7.29. The van der Waals surface area contributed by atoms with Gasteiger partial charge in [0.2, 0.25) is 0 Å². The number of carboxylic acid groups (broad SMARTS) is 1. The summed E-state index contributed by atoms with van der Waals surface area (Å²) in [6.07, 6.45) is 6.56. The molecule has 0 aliphatic carbocycles. The smallest absolute Gasteiger partial charge is 0.373 e. The van der Waals surface area contributed by atoms with Crippen LogP contribution in [0.15, 0.2) is 40.9 Å². The maximum atomic E-state index is 12.1. The SMILES string of the molecule is CCC(=O)O.CCCOc1cc(CC2CCN(CCc3ccc4c(c3)C(=O)CCO4)CC2)ccc1Br.O=C=O. The number of nitrogens with zero attached hydrogens (tertiary/aromatic N) is 1. The zero-order valence-corrected chi connectivity index (χ0v) is 24.3. The van der Waals surface area contributed by atoms with Gasteiger partial charge < -0.3 is 19.5 Å². The number of hydrogen-bond acceptors (Lipinski definition) is 7. The molecule has 1 saturated heterocycles. The fraction of sp³-hybridized carbons (Fsp3) is 0.500. The highest BCUT2D eigenvalue weighted by Gasteiger charge is 2.21. The Labute approximate surface area is 238 Å². The van der Waals surface area contributed by atoms with Crippen LogP contribution in [0.3, 0.4) is 0 Å². The topological polar surface area (TPSA) is 110 Å². The van der Waals surface area contributed by atoms with Crippen LogP contribution in [0, 0.1) is 5.92 Å². The van der Waals surface area contributed by atoms with Crippen LogP contribution in [0.4, 0.5) is 0 Å². The summed E-state index contributed by atoms with van der Waals surface area (Å²) in [6, 6.07) is 12.6. The van der Waals surface area contributed by atoms with Gasteiger partial charge in [0.05, 0.1) is 23.2 Å². The fourth-order valence-electron chi connectivity index (χ4n) is 4.50. The van der Waals surface area contributed by atoms with Crippen molar-refractivity contribution in [1.29, 1.82) is 0 Å². The van der Waals surface area contributed by atoms with E-state index in [9.17, 15) is 9.59 Å². The number of carboxylic acids is 1. The van der Waals surface area contributed by atoms with Crippen molar-refractivity contribution in [3.05, 3.63) is 57.6 Å². The van der Waals surface area contributed by atoms with Crippen molar-refractivity contribution < 1.29 is 33.8 Å². The molecule has 2 aromatic carbocycles. The molecule has 0 aromatic heterocycles. The summed E-state index contributed by atoms with van der Waals surface area (Å²) in [5, 5.41) is 7.72. The molecule has 0 atom stereocenters. The van der Waals surface area contributed by atoms with Crippen LogP contribution < -0.4 is 9.47 Å². The van der Waals surface area contributed by atoms with Gasteiger partial charge in [-0.2, -0.15) is 9.59 Å². The van der Waals surface area contributed by atoms with Crippen LogP contribution in [0.25, 0.3) is 0 Å². The Balaban J connectivity index is 0.000000590. The maximum Gasteiger partial charge on any atom is 0.373 e. The summed E-state index contributed by atoms with van der Waals surface area (Å²) in [7, 11) is 0. The second kappa shape index (κ2) is 17.6. The Morgan fingerprint density at radius 2 is 1.79 bits per heavy atom. The third kappa shape index (κ3) is 11.3. The lowest BCUT2D eigenvalue weighted by Crippen LogP contribution is -2.35. The molecular weight excluding hydrogens is 566 g/mol. The second-order valence-electron chi connectivity index (χ2n) is 9.54. The molecule has 4 rings (SSSR count). The minimum Gasteiger partial charge on any atom is -0.492 e. The van der Waals surface area contributed by atoms with E-state index in [1.54, 1.807) is 6.92 Å². The molecule has 2 heterocycles. The molecule has 212 valence electrons. The molecule has 1 fully saturated rings. The number of Topliss-reactive ketones (excluding diaryl/α,β-unsaturated/α-hetero) is 1. The number of aliphatic carboxylic acids is 1. The maximum absolute atomic E-state index is 12.1. The van der Waals surface area contributed by atoms with Gasteiger partial charge in [-0.15, -0.1) is 0 Å². The van der Waals surface area contributed by atoms with Crippen molar-refractivity contribution in [2.45, 2.75) is 58.8 Å². The Hall–Kier alpha value is -3.00.